The van der Waals surface area contributed by atoms with Crippen molar-refractivity contribution in [2.75, 3.05) is 7.11 Å². The van der Waals surface area contributed by atoms with Crippen molar-refractivity contribution in [3.8, 4) is 0 Å². The Labute approximate surface area is 87.0 Å². The van der Waals surface area contributed by atoms with Crippen molar-refractivity contribution in [1.82, 2.24) is 0 Å². The summed E-state index contributed by atoms with van der Waals surface area (Å²) in [5.74, 6) is 0.916. The third kappa shape index (κ3) is 2.73. The largest absolute Gasteiger partial charge is 0.469 e. The average Bonchev–Trinajstić information content (AvgIpc) is 2.15. The Morgan fingerprint density at radius 2 is 1.64 bits per heavy atom. The van der Waals surface area contributed by atoms with Gasteiger partial charge in [-0.2, -0.15) is 0 Å². The Kier molecular flexibility index (Phi) is 3.57. The van der Waals surface area contributed by atoms with Gasteiger partial charge in [0.2, 0.25) is 0 Å². The van der Waals surface area contributed by atoms with Gasteiger partial charge in [0.25, 0.3) is 0 Å². The van der Waals surface area contributed by atoms with Crippen LogP contribution in [0.2, 0.25) is 0 Å². The van der Waals surface area contributed by atoms with Gasteiger partial charge in [-0.15, -0.1) is 0 Å². The van der Waals surface area contributed by atoms with Crippen LogP contribution in [-0.2, 0) is 9.53 Å². The molecule has 0 aromatic carbocycles. The molecule has 0 aliphatic heterocycles. The number of hydrogen-bond acceptors (Lipinski definition) is 2. The highest BCUT2D eigenvalue weighted by atomic mass is 16.5. The van der Waals surface area contributed by atoms with Crippen molar-refractivity contribution in [2.45, 2.75) is 46.5 Å². The van der Waals surface area contributed by atoms with Crippen LogP contribution >= 0.6 is 0 Å². The van der Waals surface area contributed by atoms with E-state index in [-0.39, 0.29) is 11.9 Å². The first-order valence-corrected chi connectivity index (χ1v) is 5.53. The van der Waals surface area contributed by atoms with Crippen LogP contribution < -0.4 is 0 Å². The monoisotopic (exact) mass is 198 g/mol. The third-order valence-corrected chi connectivity index (χ3v) is 3.49. The van der Waals surface area contributed by atoms with Crippen LogP contribution in [-0.4, -0.2) is 13.1 Å². The summed E-state index contributed by atoms with van der Waals surface area (Å²) in [7, 11) is 1.48. The molecular formula is C12H22O2. The van der Waals surface area contributed by atoms with Gasteiger partial charge in [0, 0.05) is 0 Å². The van der Waals surface area contributed by atoms with Gasteiger partial charge in [-0.3, -0.25) is 4.79 Å². The molecule has 1 aliphatic carbocycles. The molecule has 0 N–H and O–H groups in total. The van der Waals surface area contributed by atoms with Crippen molar-refractivity contribution in [3.05, 3.63) is 0 Å². The second-order valence-electron chi connectivity index (χ2n) is 5.44. The standard InChI is InChI=1S/C12H22O2/c1-12(2,3)10-7-5-9(6-8-10)11(13)14-4/h9-10H,5-8H2,1-4H3. The summed E-state index contributed by atoms with van der Waals surface area (Å²) in [6.45, 7) is 6.86. The molecule has 0 heterocycles. The molecule has 0 bridgehead atoms. The average molecular weight is 198 g/mol. The second-order valence-corrected chi connectivity index (χ2v) is 5.44. The maximum Gasteiger partial charge on any atom is 0.308 e. The zero-order valence-electron chi connectivity index (χ0n) is 9.80. The normalized spacial score (nSPS) is 28.6. The van der Waals surface area contributed by atoms with E-state index in [0.29, 0.717) is 5.41 Å². The number of rotatable bonds is 1. The van der Waals surface area contributed by atoms with Crippen LogP contribution in [0.5, 0.6) is 0 Å². The lowest BCUT2D eigenvalue weighted by Crippen LogP contribution is -2.29. The fourth-order valence-electron chi connectivity index (χ4n) is 2.36. The SMILES string of the molecule is COC(=O)C1CCC(C(C)(C)C)CC1. The van der Waals surface area contributed by atoms with E-state index in [1.165, 1.54) is 20.0 Å². The van der Waals surface area contributed by atoms with Gasteiger partial charge < -0.3 is 4.74 Å². The van der Waals surface area contributed by atoms with Crippen molar-refractivity contribution >= 4 is 5.97 Å². The van der Waals surface area contributed by atoms with Crippen molar-refractivity contribution in [2.24, 2.45) is 17.3 Å². The van der Waals surface area contributed by atoms with Gasteiger partial charge in [0.15, 0.2) is 0 Å². The van der Waals surface area contributed by atoms with E-state index in [1.54, 1.807) is 0 Å². The van der Waals surface area contributed by atoms with E-state index in [0.717, 1.165) is 18.8 Å². The highest BCUT2D eigenvalue weighted by Gasteiger charge is 2.32. The Morgan fingerprint density at radius 3 is 2.00 bits per heavy atom. The van der Waals surface area contributed by atoms with Crippen LogP contribution in [0.4, 0.5) is 0 Å². The summed E-state index contributed by atoms with van der Waals surface area (Å²) in [6, 6.07) is 0. The maximum atomic E-state index is 11.3. The zero-order chi connectivity index (χ0) is 10.8. The van der Waals surface area contributed by atoms with Gasteiger partial charge >= 0.3 is 5.97 Å². The molecular weight excluding hydrogens is 176 g/mol. The van der Waals surface area contributed by atoms with Gasteiger partial charge in [-0.25, -0.2) is 0 Å². The number of esters is 1. The molecule has 0 amide bonds. The number of carbonyl (C=O) groups is 1. The third-order valence-electron chi connectivity index (χ3n) is 3.49. The maximum absolute atomic E-state index is 11.3. The summed E-state index contributed by atoms with van der Waals surface area (Å²) < 4.78 is 4.77. The summed E-state index contributed by atoms with van der Waals surface area (Å²) in [4.78, 5) is 11.3. The van der Waals surface area contributed by atoms with E-state index < -0.39 is 0 Å². The van der Waals surface area contributed by atoms with E-state index >= 15 is 0 Å². The summed E-state index contributed by atoms with van der Waals surface area (Å²) >= 11 is 0. The second kappa shape index (κ2) is 4.33. The number of hydrogen-bond donors (Lipinski definition) is 0. The minimum atomic E-state index is -0.0163. The molecule has 0 spiro atoms. The van der Waals surface area contributed by atoms with Crippen LogP contribution in [0.15, 0.2) is 0 Å². The van der Waals surface area contributed by atoms with Gasteiger partial charge in [-0.05, 0) is 37.0 Å². The minimum Gasteiger partial charge on any atom is -0.469 e. The summed E-state index contributed by atoms with van der Waals surface area (Å²) in [5, 5.41) is 0. The first kappa shape index (κ1) is 11.5. The van der Waals surface area contributed by atoms with Crippen LogP contribution in [0, 0.1) is 17.3 Å². The van der Waals surface area contributed by atoms with Crippen LogP contribution in [0.3, 0.4) is 0 Å². The molecule has 0 aromatic rings. The summed E-state index contributed by atoms with van der Waals surface area (Å²) in [5.41, 5.74) is 0.390. The lowest BCUT2D eigenvalue weighted by Gasteiger charge is -2.36. The predicted molar refractivity (Wildman–Crippen MR) is 56.9 cm³/mol. The molecule has 0 aromatic heterocycles. The van der Waals surface area contributed by atoms with Gasteiger partial charge in [-0.1, -0.05) is 20.8 Å². The number of ether oxygens (including phenoxy) is 1. The molecule has 0 unspecified atom stereocenters. The Hall–Kier alpha value is -0.530. The Morgan fingerprint density at radius 1 is 1.14 bits per heavy atom. The fourth-order valence-corrected chi connectivity index (χ4v) is 2.36. The van der Waals surface area contributed by atoms with Crippen molar-refractivity contribution in [1.29, 1.82) is 0 Å². The minimum absolute atomic E-state index is 0.0163. The zero-order valence-corrected chi connectivity index (χ0v) is 9.80. The van der Waals surface area contributed by atoms with Gasteiger partial charge in [0.05, 0.1) is 13.0 Å². The quantitative estimate of drug-likeness (QED) is 0.605. The van der Waals surface area contributed by atoms with Crippen molar-refractivity contribution < 1.29 is 9.53 Å². The smallest absolute Gasteiger partial charge is 0.308 e. The lowest BCUT2D eigenvalue weighted by molar-refractivity contribution is -0.147. The Balaban J connectivity index is 2.43. The molecule has 0 atom stereocenters. The molecule has 1 aliphatic rings. The molecule has 82 valence electrons. The number of carbonyl (C=O) groups excluding carboxylic acids is 1. The molecule has 2 nitrogen and oxygen atoms in total. The highest BCUT2D eigenvalue weighted by molar-refractivity contribution is 5.72. The highest BCUT2D eigenvalue weighted by Crippen LogP contribution is 2.39. The molecule has 1 saturated carbocycles. The van der Waals surface area contributed by atoms with E-state index in [9.17, 15) is 4.79 Å². The topological polar surface area (TPSA) is 26.3 Å². The van der Waals surface area contributed by atoms with Crippen LogP contribution in [0.25, 0.3) is 0 Å². The first-order chi connectivity index (χ1) is 6.45. The Bertz CT molecular complexity index is 195. The fraction of sp³-hybridized carbons (Fsp3) is 0.917. The molecule has 1 rings (SSSR count). The van der Waals surface area contributed by atoms with Crippen LogP contribution in [0.1, 0.15) is 46.5 Å². The number of methoxy groups -OCH3 is 1. The molecule has 0 radical (unpaired) electrons. The van der Waals surface area contributed by atoms with E-state index in [4.69, 9.17) is 4.74 Å². The molecule has 1 fully saturated rings. The molecule has 0 saturated heterocycles. The first-order valence-electron chi connectivity index (χ1n) is 5.53. The summed E-state index contributed by atoms with van der Waals surface area (Å²) in [6.07, 6.45) is 4.36. The predicted octanol–water partition coefficient (Wildman–Crippen LogP) is 3.01. The van der Waals surface area contributed by atoms with E-state index in [1.807, 2.05) is 0 Å². The van der Waals surface area contributed by atoms with E-state index in [2.05, 4.69) is 20.8 Å². The van der Waals surface area contributed by atoms with Gasteiger partial charge in [0.1, 0.15) is 0 Å². The molecule has 14 heavy (non-hydrogen) atoms. The molecule has 2 heteroatoms. The van der Waals surface area contributed by atoms with Crippen molar-refractivity contribution in [3.63, 3.8) is 0 Å². The lowest BCUT2D eigenvalue weighted by atomic mass is 9.70.